The number of aromatic nitrogens is 1. The van der Waals surface area contributed by atoms with E-state index in [1.807, 2.05) is 6.07 Å². The number of aromatic hydroxyl groups is 1. The molecule has 2 bridgehead atoms. The first-order chi connectivity index (χ1) is 10.7. The Bertz CT molecular complexity index is 715. The van der Waals surface area contributed by atoms with E-state index in [4.69, 9.17) is 0 Å². The van der Waals surface area contributed by atoms with Gasteiger partial charge in [0.1, 0.15) is 15.6 Å². The zero-order valence-electron chi connectivity index (χ0n) is 12.0. The summed E-state index contributed by atoms with van der Waals surface area (Å²) < 4.78 is 0. The van der Waals surface area contributed by atoms with Crippen molar-refractivity contribution in [1.82, 2.24) is 15.6 Å². The minimum absolute atomic E-state index is 0.0525. The molecular formula is C16H17N3O2S. The van der Waals surface area contributed by atoms with Crippen LogP contribution >= 0.6 is 11.3 Å². The first kappa shape index (κ1) is 13.7. The maximum atomic E-state index is 12.4. The largest absolute Gasteiger partial charge is 0.508 e. The zero-order valence-corrected chi connectivity index (χ0v) is 12.8. The van der Waals surface area contributed by atoms with E-state index in [1.54, 1.807) is 24.4 Å². The van der Waals surface area contributed by atoms with Crippen LogP contribution in [0.1, 0.15) is 28.9 Å². The van der Waals surface area contributed by atoms with Crippen LogP contribution in [0, 0.1) is 0 Å². The first-order valence-corrected chi connectivity index (χ1v) is 8.33. The van der Waals surface area contributed by atoms with Gasteiger partial charge in [-0.1, -0.05) is 12.1 Å². The number of benzene rings is 1. The summed E-state index contributed by atoms with van der Waals surface area (Å²) in [5, 5.41) is 16.9. The number of phenols is 1. The second-order valence-electron chi connectivity index (χ2n) is 5.94. The normalized spacial score (nSPS) is 26.3. The summed E-state index contributed by atoms with van der Waals surface area (Å²) in [6.07, 6.45) is 5.00. The molecule has 2 aromatic rings. The van der Waals surface area contributed by atoms with Gasteiger partial charge < -0.3 is 15.7 Å². The predicted molar refractivity (Wildman–Crippen MR) is 85.0 cm³/mol. The number of rotatable bonds is 3. The van der Waals surface area contributed by atoms with Crippen LogP contribution < -0.4 is 10.6 Å². The molecule has 2 saturated heterocycles. The van der Waals surface area contributed by atoms with Crippen LogP contribution in [0.3, 0.4) is 0 Å². The summed E-state index contributed by atoms with van der Waals surface area (Å²) in [6, 6.07) is 8.14. The number of carbonyl (C=O) groups is 1. The third-order valence-electron chi connectivity index (χ3n) is 4.44. The highest BCUT2D eigenvalue weighted by molar-refractivity contribution is 7.16. The summed E-state index contributed by atoms with van der Waals surface area (Å²) in [5.74, 6) is 0.148. The molecule has 0 saturated carbocycles. The molecule has 2 aliphatic rings. The first-order valence-electron chi connectivity index (χ1n) is 7.51. The Morgan fingerprint density at radius 3 is 3.05 bits per heavy atom. The van der Waals surface area contributed by atoms with Gasteiger partial charge >= 0.3 is 0 Å². The van der Waals surface area contributed by atoms with Crippen LogP contribution in [0.25, 0.3) is 10.6 Å². The van der Waals surface area contributed by atoms with Gasteiger partial charge in [0.2, 0.25) is 0 Å². The van der Waals surface area contributed by atoms with Gasteiger partial charge in [0.25, 0.3) is 5.91 Å². The van der Waals surface area contributed by atoms with E-state index in [0.717, 1.165) is 23.4 Å². The van der Waals surface area contributed by atoms with Gasteiger partial charge in [0.05, 0.1) is 6.20 Å². The van der Waals surface area contributed by atoms with Crippen LogP contribution in [0.5, 0.6) is 5.75 Å². The number of nitrogens with one attached hydrogen (secondary N) is 2. The van der Waals surface area contributed by atoms with Crippen molar-refractivity contribution in [3.8, 4) is 16.3 Å². The van der Waals surface area contributed by atoms with Crippen LogP contribution in [-0.4, -0.2) is 34.1 Å². The van der Waals surface area contributed by atoms with E-state index in [0.29, 0.717) is 17.0 Å². The Morgan fingerprint density at radius 1 is 1.41 bits per heavy atom. The fourth-order valence-electron chi connectivity index (χ4n) is 3.37. The van der Waals surface area contributed by atoms with Gasteiger partial charge in [-0.15, -0.1) is 11.3 Å². The molecule has 3 atom stereocenters. The third-order valence-corrected chi connectivity index (χ3v) is 5.48. The lowest BCUT2D eigenvalue weighted by Gasteiger charge is -2.20. The van der Waals surface area contributed by atoms with Crippen molar-refractivity contribution < 1.29 is 9.90 Å². The number of fused-ring (bicyclic) bond motifs is 2. The number of thiazole rings is 1. The highest BCUT2D eigenvalue weighted by Gasteiger charge is 2.39. The average molecular weight is 315 g/mol. The van der Waals surface area contributed by atoms with Gasteiger partial charge in [0, 0.05) is 23.7 Å². The minimum Gasteiger partial charge on any atom is -0.508 e. The van der Waals surface area contributed by atoms with E-state index in [-0.39, 0.29) is 17.7 Å². The van der Waals surface area contributed by atoms with Crippen LogP contribution in [0.15, 0.2) is 30.5 Å². The van der Waals surface area contributed by atoms with Crippen molar-refractivity contribution in [2.45, 2.75) is 37.4 Å². The number of carbonyl (C=O) groups excluding carboxylic acids is 1. The van der Waals surface area contributed by atoms with Crippen molar-refractivity contribution in [2.75, 3.05) is 0 Å². The molecule has 6 heteroatoms. The summed E-state index contributed by atoms with van der Waals surface area (Å²) in [7, 11) is 0. The molecule has 2 aliphatic heterocycles. The van der Waals surface area contributed by atoms with Crippen LogP contribution in [0.4, 0.5) is 0 Å². The summed E-state index contributed by atoms with van der Waals surface area (Å²) in [6.45, 7) is 0. The van der Waals surface area contributed by atoms with Crippen molar-refractivity contribution in [3.63, 3.8) is 0 Å². The summed E-state index contributed by atoms with van der Waals surface area (Å²) in [5.41, 5.74) is 0.825. The summed E-state index contributed by atoms with van der Waals surface area (Å²) >= 11 is 1.35. The number of amides is 1. The predicted octanol–water partition coefficient (Wildman–Crippen LogP) is 2.14. The van der Waals surface area contributed by atoms with Crippen LogP contribution in [0.2, 0.25) is 0 Å². The molecule has 3 heterocycles. The minimum atomic E-state index is -0.0525. The maximum Gasteiger partial charge on any atom is 0.263 e. The Hall–Kier alpha value is -1.92. The van der Waals surface area contributed by atoms with Crippen molar-refractivity contribution in [3.05, 3.63) is 35.3 Å². The smallest absolute Gasteiger partial charge is 0.263 e. The van der Waals surface area contributed by atoms with E-state index in [1.165, 1.54) is 17.8 Å². The fraction of sp³-hybridized carbons (Fsp3) is 0.375. The average Bonchev–Trinajstić information content (AvgIpc) is 3.23. The Balaban J connectivity index is 1.48. The Kier molecular flexibility index (Phi) is 3.35. The SMILES string of the molecule is O=C(NC1CC2CCC1N2)c1cnc(-c2cccc(O)c2)s1. The molecule has 1 aromatic carbocycles. The van der Waals surface area contributed by atoms with Crippen molar-refractivity contribution in [2.24, 2.45) is 0 Å². The Morgan fingerprint density at radius 2 is 2.32 bits per heavy atom. The second-order valence-corrected chi connectivity index (χ2v) is 6.97. The van der Waals surface area contributed by atoms with E-state index in [9.17, 15) is 9.90 Å². The van der Waals surface area contributed by atoms with Gasteiger partial charge in [-0.3, -0.25) is 4.79 Å². The topological polar surface area (TPSA) is 74.2 Å². The Labute approximate surface area is 132 Å². The van der Waals surface area contributed by atoms with Crippen LogP contribution in [-0.2, 0) is 0 Å². The fourth-order valence-corrected chi connectivity index (χ4v) is 4.19. The lowest BCUT2D eigenvalue weighted by Crippen LogP contribution is -2.42. The lowest BCUT2D eigenvalue weighted by molar-refractivity contribution is 0.0935. The van der Waals surface area contributed by atoms with E-state index in [2.05, 4.69) is 15.6 Å². The highest BCUT2D eigenvalue weighted by Crippen LogP contribution is 2.30. The maximum absolute atomic E-state index is 12.4. The summed E-state index contributed by atoms with van der Waals surface area (Å²) in [4.78, 5) is 17.3. The molecule has 1 aromatic heterocycles. The van der Waals surface area contributed by atoms with Gasteiger partial charge in [-0.25, -0.2) is 4.98 Å². The number of phenolic OH excluding ortho intramolecular Hbond substituents is 1. The standard InChI is InChI=1S/C16H17N3O2S/c20-11-3-1-2-9(6-11)16-17-8-14(22-16)15(21)19-13-7-10-4-5-12(13)18-10/h1-3,6,8,10,12-13,18,20H,4-5,7H2,(H,19,21). The molecule has 22 heavy (non-hydrogen) atoms. The second kappa shape index (κ2) is 5.37. The zero-order chi connectivity index (χ0) is 15.1. The van der Waals surface area contributed by atoms with Gasteiger partial charge in [0.15, 0.2) is 0 Å². The number of nitrogens with zero attached hydrogens (tertiary/aromatic N) is 1. The number of hydrogen-bond donors (Lipinski definition) is 3. The van der Waals surface area contributed by atoms with Crippen molar-refractivity contribution in [1.29, 1.82) is 0 Å². The molecular weight excluding hydrogens is 298 g/mol. The molecule has 5 nitrogen and oxygen atoms in total. The molecule has 2 fully saturated rings. The highest BCUT2D eigenvalue weighted by atomic mass is 32.1. The van der Waals surface area contributed by atoms with E-state index >= 15 is 0 Å². The third kappa shape index (κ3) is 2.48. The molecule has 114 valence electrons. The quantitative estimate of drug-likeness (QED) is 0.811. The monoisotopic (exact) mass is 315 g/mol. The van der Waals surface area contributed by atoms with Gasteiger partial charge in [-0.05, 0) is 31.4 Å². The molecule has 3 N–H and O–H groups in total. The molecule has 0 aliphatic carbocycles. The molecule has 4 rings (SSSR count). The van der Waals surface area contributed by atoms with Crippen molar-refractivity contribution >= 4 is 17.2 Å². The molecule has 3 unspecified atom stereocenters. The molecule has 1 amide bonds. The van der Waals surface area contributed by atoms with E-state index < -0.39 is 0 Å². The number of hydrogen-bond acceptors (Lipinski definition) is 5. The van der Waals surface area contributed by atoms with Gasteiger partial charge in [-0.2, -0.15) is 0 Å². The molecule has 0 spiro atoms. The lowest BCUT2D eigenvalue weighted by atomic mass is 9.95. The molecule has 0 radical (unpaired) electrons.